The molecule has 1 N–H and O–H groups in total. The summed E-state index contributed by atoms with van der Waals surface area (Å²) < 4.78 is 5.29. The van der Waals surface area contributed by atoms with Gasteiger partial charge < -0.3 is 14.6 Å². The maximum absolute atomic E-state index is 12.3. The third-order valence-electron chi connectivity index (χ3n) is 4.23. The van der Waals surface area contributed by atoms with Crippen molar-refractivity contribution >= 4 is 5.91 Å². The van der Waals surface area contributed by atoms with Crippen molar-refractivity contribution in [1.29, 1.82) is 0 Å². The van der Waals surface area contributed by atoms with Gasteiger partial charge in [-0.2, -0.15) is 0 Å². The average Bonchev–Trinajstić information content (AvgIpc) is 3.17. The van der Waals surface area contributed by atoms with Crippen molar-refractivity contribution in [3.8, 4) is 0 Å². The number of rotatable bonds is 4. The minimum Gasteiger partial charge on any atom is -0.459 e. The average molecular weight is 262 g/mol. The molecular formula is C15H22N2O2. The smallest absolute Gasteiger partial charge is 0.289 e. The largest absolute Gasteiger partial charge is 0.459 e. The van der Waals surface area contributed by atoms with Gasteiger partial charge >= 0.3 is 0 Å². The van der Waals surface area contributed by atoms with E-state index in [2.05, 4.69) is 5.32 Å². The highest BCUT2D eigenvalue weighted by Gasteiger charge is 2.27. The number of nitrogens with zero attached hydrogens (tertiary/aromatic N) is 1. The van der Waals surface area contributed by atoms with Crippen molar-refractivity contribution in [3.05, 3.63) is 23.7 Å². The quantitative estimate of drug-likeness (QED) is 0.904. The lowest BCUT2D eigenvalue weighted by Gasteiger charge is -2.32. The first-order chi connectivity index (χ1) is 9.24. The summed E-state index contributed by atoms with van der Waals surface area (Å²) in [7, 11) is 0. The van der Waals surface area contributed by atoms with Crippen LogP contribution in [0.3, 0.4) is 0 Å². The summed E-state index contributed by atoms with van der Waals surface area (Å²) in [6, 6.07) is 2.43. The molecule has 0 unspecified atom stereocenters. The molecule has 3 rings (SSSR count). The second-order valence-corrected chi connectivity index (χ2v) is 5.85. The molecule has 0 radical (unpaired) electrons. The van der Waals surface area contributed by atoms with Crippen molar-refractivity contribution in [2.45, 2.75) is 38.6 Å². The van der Waals surface area contributed by atoms with Crippen LogP contribution in [0.1, 0.15) is 41.8 Å². The van der Waals surface area contributed by atoms with Gasteiger partial charge in [0.05, 0.1) is 6.26 Å². The van der Waals surface area contributed by atoms with Crippen LogP contribution in [-0.4, -0.2) is 36.5 Å². The molecule has 1 saturated heterocycles. The van der Waals surface area contributed by atoms with Crippen molar-refractivity contribution in [2.75, 3.05) is 19.6 Å². The first-order valence-electron chi connectivity index (χ1n) is 7.31. The van der Waals surface area contributed by atoms with Crippen LogP contribution in [0, 0.1) is 12.8 Å². The van der Waals surface area contributed by atoms with Crippen LogP contribution >= 0.6 is 0 Å². The molecule has 1 aliphatic carbocycles. The number of amides is 1. The lowest BCUT2D eigenvalue weighted by molar-refractivity contribution is 0.0672. The van der Waals surface area contributed by atoms with Crippen LogP contribution in [0.15, 0.2) is 16.7 Å². The lowest BCUT2D eigenvalue weighted by atomic mass is 10.0. The molecule has 1 aromatic rings. The van der Waals surface area contributed by atoms with E-state index in [9.17, 15) is 4.79 Å². The van der Waals surface area contributed by atoms with Crippen LogP contribution in [0.4, 0.5) is 0 Å². The fourth-order valence-corrected chi connectivity index (χ4v) is 2.68. The van der Waals surface area contributed by atoms with Gasteiger partial charge in [-0.15, -0.1) is 0 Å². The summed E-state index contributed by atoms with van der Waals surface area (Å²) in [6.45, 7) is 4.75. The Hall–Kier alpha value is -1.29. The van der Waals surface area contributed by atoms with E-state index in [1.54, 1.807) is 6.26 Å². The fraction of sp³-hybridized carbons (Fsp3) is 0.667. The van der Waals surface area contributed by atoms with Gasteiger partial charge in [0.1, 0.15) is 0 Å². The Labute approximate surface area is 114 Å². The second kappa shape index (κ2) is 5.37. The van der Waals surface area contributed by atoms with Gasteiger partial charge in [-0.3, -0.25) is 4.79 Å². The van der Waals surface area contributed by atoms with Crippen LogP contribution < -0.4 is 5.32 Å². The topological polar surface area (TPSA) is 45.5 Å². The third-order valence-corrected chi connectivity index (χ3v) is 4.23. The van der Waals surface area contributed by atoms with Crippen LogP contribution in [0.5, 0.6) is 0 Å². The molecule has 1 saturated carbocycles. The second-order valence-electron chi connectivity index (χ2n) is 5.85. The molecule has 4 nitrogen and oxygen atoms in total. The van der Waals surface area contributed by atoms with Gasteiger partial charge in [-0.1, -0.05) is 0 Å². The molecule has 2 aliphatic rings. The highest BCUT2D eigenvalue weighted by Crippen LogP contribution is 2.28. The van der Waals surface area contributed by atoms with Gasteiger partial charge in [0, 0.05) is 24.7 Å². The number of aryl methyl sites for hydroxylation is 1. The number of nitrogens with one attached hydrogen (secondary N) is 1. The van der Waals surface area contributed by atoms with Crippen molar-refractivity contribution in [1.82, 2.24) is 10.2 Å². The Morgan fingerprint density at radius 3 is 2.68 bits per heavy atom. The van der Waals surface area contributed by atoms with Gasteiger partial charge in [0.15, 0.2) is 5.76 Å². The van der Waals surface area contributed by atoms with Crippen LogP contribution in [-0.2, 0) is 0 Å². The molecule has 19 heavy (non-hydrogen) atoms. The summed E-state index contributed by atoms with van der Waals surface area (Å²) in [5, 5.41) is 3.63. The van der Waals surface area contributed by atoms with Gasteiger partial charge in [-0.05, 0) is 51.1 Å². The fourth-order valence-electron chi connectivity index (χ4n) is 2.68. The highest BCUT2D eigenvalue weighted by atomic mass is 16.3. The predicted molar refractivity (Wildman–Crippen MR) is 73.1 cm³/mol. The first-order valence-corrected chi connectivity index (χ1v) is 7.31. The van der Waals surface area contributed by atoms with Crippen molar-refractivity contribution in [3.63, 3.8) is 0 Å². The minimum absolute atomic E-state index is 0.0446. The Morgan fingerprint density at radius 1 is 1.37 bits per heavy atom. The molecule has 2 fully saturated rings. The number of carbonyl (C=O) groups is 1. The zero-order valence-electron chi connectivity index (χ0n) is 11.5. The van der Waals surface area contributed by atoms with Gasteiger partial charge in [0.25, 0.3) is 5.91 Å². The normalized spacial score (nSPS) is 20.8. The van der Waals surface area contributed by atoms with Gasteiger partial charge in [-0.25, -0.2) is 0 Å². The zero-order chi connectivity index (χ0) is 13.2. The summed E-state index contributed by atoms with van der Waals surface area (Å²) in [6.07, 6.45) is 6.48. The van der Waals surface area contributed by atoms with E-state index in [-0.39, 0.29) is 5.91 Å². The summed E-state index contributed by atoms with van der Waals surface area (Å²) in [4.78, 5) is 14.2. The minimum atomic E-state index is 0.0446. The summed E-state index contributed by atoms with van der Waals surface area (Å²) >= 11 is 0. The molecule has 0 bridgehead atoms. The molecule has 1 amide bonds. The van der Waals surface area contributed by atoms with Crippen molar-refractivity contribution < 1.29 is 9.21 Å². The zero-order valence-corrected chi connectivity index (χ0v) is 11.5. The number of hydrogen-bond donors (Lipinski definition) is 1. The van der Waals surface area contributed by atoms with E-state index in [0.29, 0.717) is 11.8 Å². The van der Waals surface area contributed by atoms with E-state index >= 15 is 0 Å². The monoisotopic (exact) mass is 262 g/mol. The third kappa shape index (κ3) is 3.00. The first kappa shape index (κ1) is 12.7. The Kier molecular flexibility index (Phi) is 3.60. The Morgan fingerprint density at radius 2 is 2.11 bits per heavy atom. The van der Waals surface area contributed by atoms with E-state index < -0.39 is 0 Å². The molecule has 104 valence electrons. The molecule has 4 heteroatoms. The van der Waals surface area contributed by atoms with Gasteiger partial charge in [0.2, 0.25) is 0 Å². The highest BCUT2D eigenvalue weighted by molar-refractivity contribution is 5.92. The molecular weight excluding hydrogens is 240 g/mol. The molecule has 1 aromatic heterocycles. The lowest BCUT2D eigenvalue weighted by Crippen LogP contribution is -2.45. The standard InChI is InChI=1S/C15H22N2O2/c1-11-6-9-19-14(11)15(18)17-7-4-13(5-8-17)16-10-12-2-3-12/h6,9,12-13,16H,2-5,7-8,10H2,1H3. The van der Waals surface area contributed by atoms with Crippen LogP contribution in [0.25, 0.3) is 0 Å². The Balaban J connectivity index is 1.49. The number of carbonyl (C=O) groups excluding carboxylic acids is 1. The molecule has 2 heterocycles. The number of piperidine rings is 1. The van der Waals surface area contributed by atoms with Crippen molar-refractivity contribution in [2.24, 2.45) is 5.92 Å². The number of hydrogen-bond acceptors (Lipinski definition) is 3. The summed E-state index contributed by atoms with van der Waals surface area (Å²) in [5.41, 5.74) is 0.930. The van der Waals surface area contributed by atoms with Crippen LogP contribution in [0.2, 0.25) is 0 Å². The number of furan rings is 1. The van der Waals surface area contributed by atoms with E-state index in [1.165, 1.54) is 12.8 Å². The van der Waals surface area contributed by atoms with E-state index in [0.717, 1.165) is 44.0 Å². The number of likely N-dealkylation sites (tertiary alicyclic amines) is 1. The SMILES string of the molecule is Cc1ccoc1C(=O)N1CCC(NCC2CC2)CC1. The maximum atomic E-state index is 12.3. The predicted octanol–water partition coefficient (Wildman–Crippen LogP) is 2.19. The maximum Gasteiger partial charge on any atom is 0.289 e. The van der Waals surface area contributed by atoms with E-state index in [1.807, 2.05) is 17.9 Å². The molecule has 0 aromatic carbocycles. The molecule has 1 aliphatic heterocycles. The van der Waals surface area contributed by atoms with E-state index in [4.69, 9.17) is 4.42 Å². The molecule has 0 spiro atoms. The Bertz CT molecular complexity index is 443. The summed E-state index contributed by atoms with van der Waals surface area (Å²) in [5.74, 6) is 1.47. The molecule has 0 atom stereocenters.